The summed E-state index contributed by atoms with van der Waals surface area (Å²) >= 11 is 0. The number of benzene rings is 1. The number of hydrogen-bond donors (Lipinski definition) is 0. The Morgan fingerprint density at radius 3 is 2.65 bits per heavy atom. The molecule has 0 aromatic heterocycles. The second kappa shape index (κ2) is 3.84. The van der Waals surface area contributed by atoms with Gasteiger partial charge in [0, 0.05) is 5.92 Å². The van der Waals surface area contributed by atoms with E-state index in [0.29, 0.717) is 17.5 Å². The van der Waals surface area contributed by atoms with Crippen LogP contribution in [0.25, 0.3) is 6.08 Å². The van der Waals surface area contributed by atoms with Crippen LogP contribution in [0.1, 0.15) is 24.0 Å². The van der Waals surface area contributed by atoms with E-state index in [0.717, 1.165) is 18.4 Å². The minimum Gasteiger partial charge on any atom is -0.406 e. The molecule has 3 heteroatoms. The van der Waals surface area contributed by atoms with Gasteiger partial charge >= 0.3 is 5.97 Å². The summed E-state index contributed by atoms with van der Waals surface area (Å²) in [5.74, 6) is 0.656. The summed E-state index contributed by atoms with van der Waals surface area (Å²) in [6, 6.07) is 7.97. The highest BCUT2D eigenvalue weighted by molar-refractivity contribution is 6.08. The Kier molecular flexibility index (Phi) is 2.32. The van der Waals surface area contributed by atoms with E-state index in [1.54, 1.807) is 6.08 Å². The van der Waals surface area contributed by atoms with Crippen LogP contribution in [-0.2, 0) is 9.53 Å². The van der Waals surface area contributed by atoms with Crippen LogP contribution < -0.4 is 0 Å². The standard InChI is InChI=1S/C14H13NO2/c1-9-2-4-10(5-3-9)8-12-14(16)17-13(15-12)11-6-7-11/h2-5,8,11H,6-7H2,1H3/b12-8+. The minimum absolute atomic E-state index is 0.326. The van der Waals surface area contributed by atoms with Crippen molar-refractivity contribution in [1.29, 1.82) is 0 Å². The molecule has 0 amide bonds. The van der Waals surface area contributed by atoms with Crippen molar-refractivity contribution in [3.63, 3.8) is 0 Å². The maximum atomic E-state index is 11.6. The van der Waals surface area contributed by atoms with E-state index < -0.39 is 0 Å². The molecule has 1 saturated carbocycles. The smallest absolute Gasteiger partial charge is 0.363 e. The van der Waals surface area contributed by atoms with Crippen LogP contribution in [0.5, 0.6) is 0 Å². The number of carbonyl (C=O) groups excluding carboxylic acids is 1. The average Bonchev–Trinajstić information content (AvgIpc) is 3.09. The van der Waals surface area contributed by atoms with Crippen LogP contribution in [-0.4, -0.2) is 11.9 Å². The third-order valence-electron chi connectivity index (χ3n) is 2.94. The highest BCUT2D eigenvalue weighted by atomic mass is 16.6. The number of aliphatic imine (C=N–C) groups is 1. The largest absolute Gasteiger partial charge is 0.406 e. The first kappa shape index (κ1) is 10.3. The molecule has 0 unspecified atom stereocenters. The van der Waals surface area contributed by atoms with Gasteiger partial charge in [-0.05, 0) is 31.4 Å². The Labute approximate surface area is 99.8 Å². The van der Waals surface area contributed by atoms with E-state index in [9.17, 15) is 4.79 Å². The van der Waals surface area contributed by atoms with Crippen molar-refractivity contribution < 1.29 is 9.53 Å². The van der Waals surface area contributed by atoms with Crippen molar-refractivity contribution in [1.82, 2.24) is 0 Å². The zero-order valence-electron chi connectivity index (χ0n) is 9.64. The lowest BCUT2D eigenvalue weighted by Gasteiger charge is -1.95. The molecule has 0 radical (unpaired) electrons. The van der Waals surface area contributed by atoms with Crippen LogP contribution in [0.4, 0.5) is 0 Å². The molecule has 1 aromatic rings. The van der Waals surface area contributed by atoms with E-state index in [-0.39, 0.29) is 5.97 Å². The van der Waals surface area contributed by atoms with Gasteiger partial charge in [0.05, 0.1) is 0 Å². The van der Waals surface area contributed by atoms with Crippen LogP contribution in [0.2, 0.25) is 0 Å². The molecule has 0 bridgehead atoms. The van der Waals surface area contributed by atoms with Gasteiger partial charge < -0.3 is 4.74 Å². The topological polar surface area (TPSA) is 38.7 Å². The van der Waals surface area contributed by atoms with Gasteiger partial charge in [0.1, 0.15) is 0 Å². The molecular formula is C14H13NO2. The summed E-state index contributed by atoms with van der Waals surface area (Å²) < 4.78 is 5.14. The van der Waals surface area contributed by atoms with Gasteiger partial charge in [0.15, 0.2) is 5.70 Å². The zero-order valence-corrected chi connectivity index (χ0v) is 9.64. The summed E-state index contributed by atoms with van der Waals surface area (Å²) in [5, 5.41) is 0. The molecule has 1 aliphatic heterocycles. The first-order chi connectivity index (χ1) is 8.22. The molecule has 0 atom stereocenters. The zero-order chi connectivity index (χ0) is 11.8. The molecule has 0 N–H and O–H groups in total. The fourth-order valence-electron chi connectivity index (χ4n) is 1.75. The lowest BCUT2D eigenvalue weighted by atomic mass is 10.1. The van der Waals surface area contributed by atoms with Crippen molar-refractivity contribution in [3.8, 4) is 0 Å². The lowest BCUT2D eigenvalue weighted by molar-refractivity contribution is -0.130. The molecule has 0 saturated heterocycles. The second-order valence-electron chi connectivity index (χ2n) is 4.55. The fourth-order valence-corrected chi connectivity index (χ4v) is 1.75. The number of carbonyl (C=O) groups is 1. The number of nitrogens with zero attached hydrogens (tertiary/aromatic N) is 1. The van der Waals surface area contributed by atoms with Crippen molar-refractivity contribution >= 4 is 17.9 Å². The van der Waals surface area contributed by atoms with E-state index in [4.69, 9.17) is 4.74 Å². The molecule has 2 aliphatic rings. The maximum absolute atomic E-state index is 11.6. The number of ether oxygens (including phenoxy) is 1. The summed E-state index contributed by atoms with van der Waals surface area (Å²) in [7, 11) is 0. The molecule has 1 heterocycles. The molecule has 1 fully saturated rings. The molecule has 0 spiro atoms. The quantitative estimate of drug-likeness (QED) is 0.575. The van der Waals surface area contributed by atoms with E-state index in [2.05, 4.69) is 4.99 Å². The number of hydrogen-bond acceptors (Lipinski definition) is 3. The Morgan fingerprint density at radius 2 is 2.00 bits per heavy atom. The minimum atomic E-state index is -0.326. The van der Waals surface area contributed by atoms with Crippen LogP contribution >= 0.6 is 0 Å². The summed E-state index contributed by atoms with van der Waals surface area (Å²) in [6.45, 7) is 2.03. The maximum Gasteiger partial charge on any atom is 0.363 e. The third kappa shape index (κ3) is 2.13. The highest BCUT2D eigenvalue weighted by Crippen LogP contribution is 2.34. The average molecular weight is 227 g/mol. The third-order valence-corrected chi connectivity index (χ3v) is 2.94. The van der Waals surface area contributed by atoms with Gasteiger partial charge in [-0.2, -0.15) is 0 Å². The predicted octanol–water partition coefficient (Wildman–Crippen LogP) is 2.70. The van der Waals surface area contributed by atoms with Gasteiger partial charge in [-0.15, -0.1) is 0 Å². The SMILES string of the molecule is Cc1ccc(/C=C2/N=C(C3CC3)OC2=O)cc1. The number of aryl methyl sites for hydroxylation is 1. The van der Waals surface area contributed by atoms with E-state index >= 15 is 0 Å². The number of rotatable bonds is 2. The fraction of sp³-hybridized carbons (Fsp3) is 0.286. The molecule has 3 rings (SSSR count). The Balaban J connectivity index is 1.87. The highest BCUT2D eigenvalue weighted by Gasteiger charge is 2.35. The van der Waals surface area contributed by atoms with E-state index in [1.807, 2.05) is 31.2 Å². The summed E-state index contributed by atoms with van der Waals surface area (Å²) in [5.41, 5.74) is 2.59. The summed E-state index contributed by atoms with van der Waals surface area (Å²) in [4.78, 5) is 15.8. The first-order valence-corrected chi connectivity index (χ1v) is 5.81. The normalized spacial score (nSPS) is 21.6. The number of esters is 1. The van der Waals surface area contributed by atoms with Crippen molar-refractivity contribution in [2.75, 3.05) is 0 Å². The van der Waals surface area contributed by atoms with Gasteiger partial charge in [-0.3, -0.25) is 0 Å². The van der Waals surface area contributed by atoms with Crippen LogP contribution in [0.15, 0.2) is 35.0 Å². The molecule has 1 aliphatic carbocycles. The molecule has 1 aromatic carbocycles. The van der Waals surface area contributed by atoms with Gasteiger partial charge in [0.25, 0.3) is 0 Å². The molecule has 17 heavy (non-hydrogen) atoms. The van der Waals surface area contributed by atoms with Crippen molar-refractivity contribution in [2.45, 2.75) is 19.8 Å². The molecule has 3 nitrogen and oxygen atoms in total. The predicted molar refractivity (Wildman–Crippen MR) is 65.4 cm³/mol. The Hall–Kier alpha value is -1.90. The van der Waals surface area contributed by atoms with Crippen LogP contribution in [0.3, 0.4) is 0 Å². The van der Waals surface area contributed by atoms with Crippen molar-refractivity contribution in [3.05, 3.63) is 41.1 Å². The molecular weight excluding hydrogens is 214 g/mol. The monoisotopic (exact) mass is 227 g/mol. The molecule has 86 valence electrons. The lowest BCUT2D eigenvalue weighted by Crippen LogP contribution is -2.05. The Bertz CT molecular complexity index is 522. The first-order valence-electron chi connectivity index (χ1n) is 5.81. The van der Waals surface area contributed by atoms with Crippen LogP contribution in [0, 0.1) is 12.8 Å². The van der Waals surface area contributed by atoms with Gasteiger partial charge in [0.2, 0.25) is 5.90 Å². The van der Waals surface area contributed by atoms with E-state index in [1.165, 1.54) is 5.56 Å². The number of cyclic esters (lactones) is 1. The van der Waals surface area contributed by atoms with Gasteiger partial charge in [-0.25, -0.2) is 9.79 Å². The Morgan fingerprint density at radius 1 is 1.29 bits per heavy atom. The second-order valence-corrected chi connectivity index (χ2v) is 4.55. The van der Waals surface area contributed by atoms with Crippen molar-refractivity contribution in [2.24, 2.45) is 10.9 Å². The summed E-state index contributed by atoms with van der Waals surface area (Å²) in [6.07, 6.45) is 3.95. The van der Waals surface area contributed by atoms with Gasteiger partial charge in [-0.1, -0.05) is 29.8 Å².